The molecule has 1 unspecified atom stereocenters. The van der Waals surface area contributed by atoms with E-state index in [4.69, 9.17) is 4.74 Å². The summed E-state index contributed by atoms with van der Waals surface area (Å²) in [5.74, 6) is -0.0362. The maximum atomic E-state index is 13.1. The van der Waals surface area contributed by atoms with E-state index in [-0.39, 0.29) is 29.9 Å². The van der Waals surface area contributed by atoms with Crippen LogP contribution in [0.15, 0.2) is 42.5 Å². The lowest BCUT2D eigenvalue weighted by Crippen LogP contribution is -2.43. The predicted molar refractivity (Wildman–Crippen MR) is 104 cm³/mol. The lowest BCUT2D eigenvalue weighted by molar-refractivity contribution is 0.0615. The molecule has 1 amide bonds. The molecule has 0 aliphatic carbocycles. The van der Waals surface area contributed by atoms with E-state index in [1.165, 1.54) is 6.07 Å². The number of hydrogen-bond donors (Lipinski definition) is 1. The van der Waals surface area contributed by atoms with Crippen molar-refractivity contribution in [2.24, 2.45) is 0 Å². The molecule has 1 aliphatic rings. The summed E-state index contributed by atoms with van der Waals surface area (Å²) in [5, 5.41) is 9.81. The van der Waals surface area contributed by atoms with Crippen LogP contribution in [-0.2, 0) is 0 Å². The minimum atomic E-state index is -0.190. The number of carbonyl (C=O) groups excluding carboxylic acids is 3. The van der Waals surface area contributed by atoms with Crippen LogP contribution in [0.3, 0.4) is 0 Å². The van der Waals surface area contributed by atoms with Crippen LogP contribution >= 0.6 is 0 Å². The van der Waals surface area contributed by atoms with E-state index in [9.17, 15) is 19.5 Å². The highest BCUT2D eigenvalue weighted by Gasteiger charge is 2.28. The minimum absolute atomic E-state index is 0.0975. The number of phenolic OH excluding ortho intramolecular Hbond substituents is 1. The Morgan fingerprint density at radius 1 is 1.07 bits per heavy atom. The van der Waals surface area contributed by atoms with Gasteiger partial charge in [0.05, 0.1) is 17.2 Å². The van der Waals surface area contributed by atoms with E-state index < -0.39 is 0 Å². The molecule has 0 saturated carbocycles. The van der Waals surface area contributed by atoms with Crippen LogP contribution in [0, 0.1) is 0 Å². The van der Waals surface area contributed by atoms with Gasteiger partial charge in [-0.1, -0.05) is 37.1 Å². The Morgan fingerprint density at radius 3 is 2.68 bits per heavy atom. The van der Waals surface area contributed by atoms with Gasteiger partial charge in [-0.2, -0.15) is 0 Å². The smallest absolute Gasteiger partial charge is 0.254 e. The van der Waals surface area contributed by atoms with Crippen LogP contribution in [0.2, 0.25) is 0 Å². The van der Waals surface area contributed by atoms with Gasteiger partial charge in [0.1, 0.15) is 18.1 Å². The van der Waals surface area contributed by atoms with Crippen LogP contribution in [0.1, 0.15) is 56.8 Å². The van der Waals surface area contributed by atoms with E-state index in [1.54, 1.807) is 41.3 Å². The molecule has 1 fully saturated rings. The third kappa shape index (κ3) is 4.22. The van der Waals surface area contributed by atoms with Crippen LogP contribution in [0.5, 0.6) is 11.5 Å². The Hall–Kier alpha value is -3.15. The Balaban J connectivity index is 1.82. The maximum absolute atomic E-state index is 13.1. The summed E-state index contributed by atoms with van der Waals surface area (Å²) < 4.78 is 5.82. The number of carbonyl (C=O) groups is 3. The fourth-order valence-corrected chi connectivity index (χ4v) is 3.53. The number of benzene rings is 2. The summed E-state index contributed by atoms with van der Waals surface area (Å²) in [7, 11) is 0. The SMILES string of the molecule is O=Cc1ccccc1C(=O)N1CCCCCC1COc1cccc(O)c1C=O. The molecular formula is C22H23NO5. The van der Waals surface area contributed by atoms with Crippen LogP contribution in [-0.4, -0.2) is 47.7 Å². The number of ether oxygens (including phenoxy) is 1. The van der Waals surface area contributed by atoms with Crippen molar-refractivity contribution in [3.05, 3.63) is 59.2 Å². The Morgan fingerprint density at radius 2 is 1.89 bits per heavy atom. The molecule has 1 heterocycles. The molecule has 0 radical (unpaired) electrons. The normalized spacial score (nSPS) is 16.9. The van der Waals surface area contributed by atoms with Gasteiger partial charge in [0, 0.05) is 12.1 Å². The molecule has 28 heavy (non-hydrogen) atoms. The molecule has 0 bridgehead atoms. The maximum Gasteiger partial charge on any atom is 0.254 e. The van der Waals surface area contributed by atoms with Crippen molar-refractivity contribution in [1.29, 1.82) is 0 Å². The Labute approximate surface area is 163 Å². The zero-order valence-corrected chi connectivity index (χ0v) is 15.5. The van der Waals surface area contributed by atoms with Crippen molar-refractivity contribution in [1.82, 2.24) is 4.90 Å². The zero-order valence-electron chi connectivity index (χ0n) is 15.5. The first-order valence-electron chi connectivity index (χ1n) is 9.41. The Bertz CT molecular complexity index is 864. The Kier molecular flexibility index (Phi) is 6.42. The summed E-state index contributed by atoms with van der Waals surface area (Å²) >= 11 is 0. The molecule has 1 aliphatic heterocycles. The molecule has 0 aromatic heterocycles. The standard InChI is InChI=1S/C22H23NO5/c24-13-16-7-3-4-9-18(16)22(27)23-12-5-1-2-8-17(23)15-28-21-11-6-10-20(26)19(21)14-25/h3-4,6-7,9-11,13-14,17,26H,1-2,5,8,12,15H2. The number of nitrogens with zero attached hydrogens (tertiary/aromatic N) is 1. The number of amides is 1. The second-order valence-electron chi connectivity index (χ2n) is 6.82. The first-order chi connectivity index (χ1) is 13.7. The number of aromatic hydroxyl groups is 1. The van der Waals surface area contributed by atoms with E-state index in [0.29, 0.717) is 36.0 Å². The predicted octanol–water partition coefficient (Wildman–Crippen LogP) is 3.48. The highest BCUT2D eigenvalue weighted by molar-refractivity contribution is 6.01. The molecule has 3 rings (SSSR count). The molecular weight excluding hydrogens is 358 g/mol. The molecule has 146 valence electrons. The van der Waals surface area contributed by atoms with Gasteiger partial charge in [0.2, 0.25) is 0 Å². The van der Waals surface area contributed by atoms with Gasteiger partial charge >= 0.3 is 0 Å². The number of rotatable bonds is 6. The van der Waals surface area contributed by atoms with Gasteiger partial charge in [-0.15, -0.1) is 0 Å². The fraction of sp³-hybridized carbons (Fsp3) is 0.318. The average Bonchev–Trinajstić information content (AvgIpc) is 2.97. The molecule has 6 nitrogen and oxygen atoms in total. The lowest BCUT2D eigenvalue weighted by Gasteiger charge is -2.30. The van der Waals surface area contributed by atoms with Crippen molar-refractivity contribution in [2.45, 2.75) is 31.7 Å². The quantitative estimate of drug-likeness (QED) is 0.775. The lowest BCUT2D eigenvalue weighted by atomic mass is 10.1. The van der Waals surface area contributed by atoms with Crippen molar-refractivity contribution >= 4 is 18.5 Å². The second kappa shape index (κ2) is 9.17. The highest BCUT2D eigenvalue weighted by atomic mass is 16.5. The first-order valence-corrected chi connectivity index (χ1v) is 9.41. The molecule has 2 aromatic rings. The molecule has 2 aromatic carbocycles. The topological polar surface area (TPSA) is 83.9 Å². The van der Waals surface area contributed by atoms with Crippen molar-refractivity contribution in [2.75, 3.05) is 13.2 Å². The summed E-state index contributed by atoms with van der Waals surface area (Å²) in [4.78, 5) is 37.5. The monoisotopic (exact) mass is 381 g/mol. The molecule has 1 saturated heterocycles. The van der Waals surface area contributed by atoms with Gasteiger partial charge in [0.15, 0.2) is 12.6 Å². The number of likely N-dealkylation sites (tertiary alicyclic amines) is 1. The van der Waals surface area contributed by atoms with E-state index in [2.05, 4.69) is 0 Å². The van der Waals surface area contributed by atoms with Crippen LogP contribution in [0.25, 0.3) is 0 Å². The largest absolute Gasteiger partial charge is 0.507 e. The molecule has 6 heteroatoms. The third-order valence-electron chi connectivity index (χ3n) is 5.05. The van der Waals surface area contributed by atoms with Crippen LogP contribution < -0.4 is 4.74 Å². The van der Waals surface area contributed by atoms with Gasteiger partial charge in [0.25, 0.3) is 5.91 Å². The molecule has 0 spiro atoms. The second-order valence-corrected chi connectivity index (χ2v) is 6.82. The van der Waals surface area contributed by atoms with Crippen molar-refractivity contribution in [3.63, 3.8) is 0 Å². The molecule has 1 N–H and O–H groups in total. The van der Waals surface area contributed by atoms with E-state index in [1.807, 2.05) is 0 Å². The minimum Gasteiger partial charge on any atom is -0.507 e. The fourth-order valence-electron chi connectivity index (χ4n) is 3.53. The van der Waals surface area contributed by atoms with Crippen molar-refractivity contribution in [3.8, 4) is 11.5 Å². The van der Waals surface area contributed by atoms with Gasteiger partial charge in [-0.25, -0.2) is 0 Å². The summed E-state index contributed by atoms with van der Waals surface area (Å²) in [6, 6.07) is 11.2. The number of phenols is 1. The number of aldehydes is 2. The summed E-state index contributed by atoms with van der Waals surface area (Å²) in [6.45, 7) is 0.792. The zero-order chi connectivity index (χ0) is 19.9. The highest BCUT2D eigenvalue weighted by Crippen LogP contribution is 2.27. The third-order valence-corrected chi connectivity index (χ3v) is 5.05. The van der Waals surface area contributed by atoms with Gasteiger partial charge in [-0.3, -0.25) is 14.4 Å². The molecule has 1 atom stereocenters. The average molecular weight is 381 g/mol. The van der Waals surface area contributed by atoms with E-state index >= 15 is 0 Å². The van der Waals surface area contributed by atoms with Gasteiger partial charge < -0.3 is 14.7 Å². The summed E-state index contributed by atoms with van der Waals surface area (Å²) in [6.07, 6.45) is 4.89. The van der Waals surface area contributed by atoms with E-state index in [0.717, 1.165) is 25.7 Å². The number of hydrogen-bond acceptors (Lipinski definition) is 5. The summed E-state index contributed by atoms with van der Waals surface area (Å²) in [5.41, 5.74) is 0.850. The first kappa shape index (κ1) is 19.6. The van der Waals surface area contributed by atoms with Crippen LogP contribution in [0.4, 0.5) is 0 Å². The van der Waals surface area contributed by atoms with Crippen molar-refractivity contribution < 1.29 is 24.2 Å². The van der Waals surface area contributed by atoms with Gasteiger partial charge in [-0.05, 0) is 31.0 Å².